The first-order valence-electron chi connectivity index (χ1n) is 13.1. The number of carbonyl (C=O) groups is 3. The predicted molar refractivity (Wildman–Crippen MR) is 138 cm³/mol. The second-order valence-corrected chi connectivity index (χ2v) is 10.5. The number of nitrogens with two attached hydrogens (primary N) is 1. The van der Waals surface area contributed by atoms with Crippen molar-refractivity contribution in [3.05, 3.63) is 54.2 Å². The first kappa shape index (κ1) is 24.3. The molecule has 2 saturated carbocycles. The van der Waals surface area contributed by atoms with E-state index < -0.39 is 18.0 Å². The maximum absolute atomic E-state index is 13.7. The Labute approximate surface area is 212 Å². The summed E-state index contributed by atoms with van der Waals surface area (Å²) < 4.78 is 0. The van der Waals surface area contributed by atoms with Gasteiger partial charge in [-0.2, -0.15) is 0 Å². The monoisotopic (exact) mass is 489 g/mol. The highest BCUT2D eigenvalue weighted by Gasteiger charge is 2.56. The summed E-state index contributed by atoms with van der Waals surface area (Å²) in [5.41, 5.74) is 7.37. The van der Waals surface area contributed by atoms with Crippen LogP contribution < -0.4 is 16.0 Å². The highest BCUT2D eigenvalue weighted by atomic mass is 16.2. The lowest BCUT2D eigenvalue weighted by atomic mass is 9.80. The Morgan fingerprint density at radius 3 is 2.44 bits per heavy atom. The van der Waals surface area contributed by atoms with E-state index in [1.165, 1.54) is 24.2 Å². The number of likely N-dealkylation sites (tertiary alicyclic amines) is 1. The van der Waals surface area contributed by atoms with E-state index in [-0.39, 0.29) is 17.9 Å². The average Bonchev–Trinajstić information content (AvgIpc) is 3.74. The fourth-order valence-electron chi connectivity index (χ4n) is 5.89. The lowest BCUT2D eigenvalue weighted by molar-refractivity contribution is -0.156. The summed E-state index contributed by atoms with van der Waals surface area (Å²) in [7, 11) is 1.69. The van der Waals surface area contributed by atoms with Crippen LogP contribution in [0.3, 0.4) is 0 Å². The van der Waals surface area contributed by atoms with E-state index in [1.54, 1.807) is 25.4 Å². The van der Waals surface area contributed by atoms with Crippen LogP contribution in [0.2, 0.25) is 0 Å². The highest BCUT2D eigenvalue weighted by Crippen LogP contribution is 2.41. The molecule has 3 aliphatic rings. The van der Waals surface area contributed by atoms with Gasteiger partial charge >= 0.3 is 6.03 Å². The van der Waals surface area contributed by atoms with E-state index >= 15 is 0 Å². The van der Waals surface area contributed by atoms with Crippen molar-refractivity contribution < 1.29 is 14.4 Å². The zero-order valence-corrected chi connectivity index (χ0v) is 20.8. The van der Waals surface area contributed by atoms with Gasteiger partial charge in [-0.05, 0) is 73.8 Å². The molecule has 0 radical (unpaired) electrons. The van der Waals surface area contributed by atoms with E-state index in [0.29, 0.717) is 29.8 Å². The number of hydrogen-bond donors (Lipinski definition) is 2. The number of amides is 4. The number of para-hydroxylation sites is 1. The second kappa shape index (κ2) is 10.3. The number of aromatic nitrogens is 1. The molecule has 8 heteroatoms. The number of benzene rings is 1. The lowest BCUT2D eigenvalue weighted by Crippen LogP contribution is -2.71. The Balaban J connectivity index is 1.37. The van der Waals surface area contributed by atoms with Crippen LogP contribution in [0.1, 0.15) is 50.5 Å². The van der Waals surface area contributed by atoms with Crippen molar-refractivity contribution in [3.63, 3.8) is 0 Å². The molecule has 1 aromatic heterocycles. The minimum absolute atomic E-state index is 0.0762. The van der Waals surface area contributed by atoms with Gasteiger partial charge in [-0.15, -0.1) is 0 Å². The van der Waals surface area contributed by atoms with E-state index in [2.05, 4.69) is 10.3 Å². The number of carbonyl (C=O) groups excluding carboxylic acids is 3. The van der Waals surface area contributed by atoms with Crippen molar-refractivity contribution in [2.24, 2.45) is 17.8 Å². The molecule has 0 spiro atoms. The Morgan fingerprint density at radius 1 is 1.08 bits per heavy atom. The molecule has 3 fully saturated rings. The molecule has 8 nitrogen and oxygen atoms in total. The third-order valence-electron chi connectivity index (χ3n) is 8.04. The highest BCUT2D eigenvalue weighted by molar-refractivity contribution is 6.12. The van der Waals surface area contributed by atoms with Crippen LogP contribution in [0.4, 0.5) is 16.3 Å². The quantitative estimate of drug-likeness (QED) is 0.576. The zero-order chi connectivity index (χ0) is 25.2. The van der Waals surface area contributed by atoms with Gasteiger partial charge in [0.05, 0.1) is 5.92 Å². The van der Waals surface area contributed by atoms with Crippen molar-refractivity contribution in [2.75, 3.05) is 17.7 Å². The first-order chi connectivity index (χ1) is 17.4. The Morgan fingerprint density at radius 2 is 1.78 bits per heavy atom. The van der Waals surface area contributed by atoms with E-state index in [9.17, 15) is 14.4 Å². The van der Waals surface area contributed by atoms with Gasteiger partial charge in [0.2, 0.25) is 5.91 Å². The molecular formula is C28H35N5O3. The fraction of sp³-hybridized carbons (Fsp3) is 0.500. The minimum atomic E-state index is -0.872. The molecule has 190 valence electrons. The molecule has 1 saturated heterocycles. The van der Waals surface area contributed by atoms with E-state index in [1.807, 2.05) is 30.3 Å². The number of nitrogens with zero attached hydrogens (tertiary/aromatic N) is 3. The number of β-lactam (4-membered cyclic amide) rings is 1. The van der Waals surface area contributed by atoms with E-state index in [0.717, 1.165) is 36.1 Å². The molecule has 1 unspecified atom stereocenters. The average molecular weight is 490 g/mol. The third-order valence-corrected chi connectivity index (χ3v) is 8.04. The summed E-state index contributed by atoms with van der Waals surface area (Å²) in [5.74, 6) is 0.0566. The van der Waals surface area contributed by atoms with Crippen LogP contribution in [0.25, 0.3) is 0 Å². The number of urea groups is 1. The SMILES string of the molecule is CN(C(=O)[C@@H]1[C@@H](Cc2ccnc(N)c2)C(=O)N1C(=O)NC(C1CCCCC1)C1CC1)c1ccccc1. The lowest BCUT2D eigenvalue weighted by Gasteiger charge is -2.46. The molecule has 2 heterocycles. The number of hydrogen-bond acceptors (Lipinski definition) is 5. The molecule has 1 aliphatic heterocycles. The normalized spacial score (nSPS) is 23.0. The molecule has 5 rings (SSSR count). The van der Waals surface area contributed by atoms with Gasteiger partial charge in [0.25, 0.3) is 5.91 Å². The summed E-state index contributed by atoms with van der Waals surface area (Å²) in [6.07, 6.45) is 9.98. The largest absolute Gasteiger partial charge is 0.384 e. The second-order valence-electron chi connectivity index (χ2n) is 10.5. The topological polar surface area (TPSA) is 109 Å². The van der Waals surface area contributed by atoms with Crippen molar-refractivity contribution in [1.29, 1.82) is 0 Å². The maximum atomic E-state index is 13.7. The molecule has 2 aliphatic carbocycles. The Kier molecular flexibility index (Phi) is 6.94. The van der Waals surface area contributed by atoms with E-state index in [4.69, 9.17) is 5.73 Å². The summed E-state index contributed by atoms with van der Waals surface area (Å²) >= 11 is 0. The number of imide groups is 1. The Hall–Kier alpha value is -3.42. The summed E-state index contributed by atoms with van der Waals surface area (Å²) in [5, 5.41) is 3.20. The number of nitrogens with one attached hydrogen (secondary N) is 1. The van der Waals surface area contributed by atoms with Gasteiger partial charge in [0.15, 0.2) is 0 Å². The van der Waals surface area contributed by atoms with Crippen LogP contribution >= 0.6 is 0 Å². The molecule has 4 amide bonds. The molecule has 3 N–H and O–H groups in total. The van der Waals surface area contributed by atoms with Crippen molar-refractivity contribution >= 4 is 29.4 Å². The third kappa shape index (κ3) is 4.94. The van der Waals surface area contributed by atoms with Crippen LogP contribution in [0.5, 0.6) is 0 Å². The molecule has 1 aromatic carbocycles. The van der Waals surface area contributed by atoms with Crippen LogP contribution in [0.15, 0.2) is 48.7 Å². The summed E-state index contributed by atoms with van der Waals surface area (Å²) in [4.78, 5) is 47.3. The molecule has 0 bridgehead atoms. The fourth-order valence-corrected chi connectivity index (χ4v) is 5.89. The first-order valence-corrected chi connectivity index (χ1v) is 13.1. The number of pyridine rings is 1. The van der Waals surface area contributed by atoms with Crippen LogP contribution in [-0.4, -0.2) is 46.9 Å². The van der Waals surface area contributed by atoms with Gasteiger partial charge in [0, 0.05) is 25.0 Å². The number of likely N-dealkylation sites (N-methyl/N-ethyl adjacent to an activating group) is 1. The van der Waals surface area contributed by atoms with Gasteiger partial charge in [0.1, 0.15) is 11.9 Å². The molecule has 3 atom stereocenters. The molecular weight excluding hydrogens is 454 g/mol. The zero-order valence-electron chi connectivity index (χ0n) is 20.8. The van der Waals surface area contributed by atoms with Crippen LogP contribution in [-0.2, 0) is 16.0 Å². The predicted octanol–water partition coefficient (Wildman–Crippen LogP) is 3.76. The number of rotatable bonds is 7. The van der Waals surface area contributed by atoms with Gasteiger partial charge < -0.3 is 16.0 Å². The number of anilines is 2. The standard InChI is InChI=1S/C28H35N5O3/c1-32(21-10-6-3-7-11-21)27(35)25-22(16-18-14-15-30-23(29)17-18)26(34)33(25)28(36)31-24(20-12-13-20)19-8-4-2-5-9-19/h3,6-7,10-11,14-15,17,19-20,22,24-25H,2,4-5,8-9,12-13,16H2,1H3,(H2,29,30)(H,31,36)/t22-,24?,25+/m1/s1. The van der Waals surface area contributed by atoms with Gasteiger partial charge in [-0.3, -0.25) is 14.5 Å². The molecule has 36 heavy (non-hydrogen) atoms. The van der Waals surface area contributed by atoms with Crippen molar-refractivity contribution in [3.8, 4) is 0 Å². The van der Waals surface area contributed by atoms with Gasteiger partial charge in [-0.25, -0.2) is 9.78 Å². The smallest absolute Gasteiger partial charge is 0.325 e. The summed E-state index contributed by atoms with van der Waals surface area (Å²) in [6, 6.07) is 11.6. The van der Waals surface area contributed by atoms with Gasteiger partial charge in [-0.1, -0.05) is 37.5 Å². The maximum Gasteiger partial charge on any atom is 0.325 e. The Bertz CT molecular complexity index is 1110. The summed E-state index contributed by atoms with van der Waals surface area (Å²) in [6.45, 7) is 0. The molecule has 2 aromatic rings. The van der Waals surface area contributed by atoms with Crippen molar-refractivity contribution in [2.45, 2.75) is 63.5 Å². The van der Waals surface area contributed by atoms with Crippen LogP contribution in [0, 0.1) is 17.8 Å². The minimum Gasteiger partial charge on any atom is -0.384 e. The number of nitrogen functional groups attached to an aromatic ring is 1. The van der Waals surface area contributed by atoms with Crippen molar-refractivity contribution in [1.82, 2.24) is 15.2 Å².